The summed E-state index contributed by atoms with van der Waals surface area (Å²) in [4.78, 5) is 0. The molecule has 1 heterocycles. The maximum atomic E-state index is 11.3. The van der Waals surface area contributed by atoms with Crippen molar-refractivity contribution in [1.29, 1.82) is 0 Å². The van der Waals surface area contributed by atoms with Gasteiger partial charge in [0.05, 0.1) is 33.6 Å². The molecule has 6 heteroatoms. The van der Waals surface area contributed by atoms with Crippen LogP contribution >= 0.6 is 12.4 Å². The van der Waals surface area contributed by atoms with Gasteiger partial charge in [0.15, 0.2) is 0 Å². The normalized spacial score (nSPS) is 12.8. The smallest absolute Gasteiger partial charge is 0.146 e. The molecule has 16 heavy (non-hydrogen) atoms. The fourth-order valence-electron chi connectivity index (χ4n) is 0.952. The minimum Gasteiger partial charge on any atom is -0.857 e. The fourth-order valence-corrected chi connectivity index (χ4v) is 0.952. The molecule has 0 saturated carbocycles. The van der Waals surface area contributed by atoms with Crippen LogP contribution < -0.4 is 5.11 Å². The highest BCUT2D eigenvalue weighted by Gasteiger charge is 2.04. The minimum atomic E-state index is -0.245. The third-order valence-electron chi connectivity index (χ3n) is 1.51. The van der Waals surface area contributed by atoms with Crippen LogP contribution in [0.25, 0.3) is 0 Å². The summed E-state index contributed by atoms with van der Waals surface area (Å²) in [6.07, 6.45) is 2.95. The van der Waals surface area contributed by atoms with Crippen molar-refractivity contribution in [2.75, 3.05) is 27.7 Å². The molecule has 1 aromatic heterocycles. The van der Waals surface area contributed by atoms with E-state index >= 15 is 0 Å². The second-order valence-electron chi connectivity index (χ2n) is 4.20. The number of nitrogens with zero attached hydrogens (tertiary/aromatic N) is 3. The molecule has 0 atom stereocenters. The maximum absolute atomic E-state index is 11.3. The molecule has 0 aromatic carbocycles. The highest BCUT2D eigenvalue weighted by molar-refractivity contribution is 5.85. The molecule has 0 aliphatic carbocycles. The average Bonchev–Trinajstić information content (AvgIpc) is 2.53. The minimum absolute atomic E-state index is 0. The van der Waals surface area contributed by atoms with Crippen molar-refractivity contribution in [1.82, 2.24) is 0 Å². The molecule has 1 rings (SSSR count). The van der Waals surface area contributed by atoms with Gasteiger partial charge >= 0.3 is 0 Å². The fraction of sp³-hybridized carbons (Fsp3) is 0.400. The number of likely N-dealkylation sites (N-methyl/N-ethyl adjacent to an activating group) is 1. The standard InChI is InChI=1S/C10H15N3O2.ClH/c1-13(2,3)8-10(14)12-11-7-9-5-4-6-15-9;/h4-7H,8H2,1-3H3;1H. The van der Waals surface area contributed by atoms with Crippen LogP contribution in [0.15, 0.2) is 33.0 Å². The average molecular weight is 246 g/mol. The Labute approximate surface area is 101 Å². The summed E-state index contributed by atoms with van der Waals surface area (Å²) in [6.45, 7) is 0.329. The van der Waals surface area contributed by atoms with E-state index in [2.05, 4.69) is 10.2 Å². The number of hydrogen-bond donors (Lipinski definition) is 0. The van der Waals surface area contributed by atoms with Gasteiger partial charge in [0.25, 0.3) is 0 Å². The van der Waals surface area contributed by atoms with E-state index in [1.54, 1.807) is 12.1 Å². The Morgan fingerprint density at radius 3 is 2.69 bits per heavy atom. The predicted octanol–water partition coefficient (Wildman–Crippen LogP) is 0.500. The van der Waals surface area contributed by atoms with Crippen LogP contribution in [0.4, 0.5) is 0 Å². The Morgan fingerprint density at radius 1 is 1.50 bits per heavy atom. The van der Waals surface area contributed by atoms with Gasteiger partial charge in [-0.2, -0.15) is 10.2 Å². The molecule has 0 saturated heterocycles. The van der Waals surface area contributed by atoms with Crippen molar-refractivity contribution >= 4 is 24.5 Å². The van der Waals surface area contributed by atoms with Crippen LogP contribution in [0, 0.1) is 0 Å². The first kappa shape index (κ1) is 14.7. The quantitative estimate of drug-likeness (QED) is 0.336. The number of furan rings is 1. The summed E-state index contributed by atoms with van der Waals surface area (Å²) in [5.74, 6) is 0.335. The highest BCUT2D eigenvalue weighted by Crippen LogP contribution is 1.95. The van der Waals surface area contributed by atoms with E-state index < -0.39 is 0 Å². The summed E-state index contributed by atoms with van der Waals surface area (Å²) < 4.78 is 5.53. The van der Waals surface area contributed by atoms with Crippen molar-refractivity contribution in [2.24, 2.45) is 10.2 Å². The lowest BCUT2D eigenvalue weighted by Crippen LogP contribution is -2.43. The van der Waals surface area contributed by atoms with Crippen molar-refractivity contribution < 1.29 is 14.0 Å². The summed E-state index contributed by atoms with van der Waals surface area (Å²) in [5.41, 5.74) is 0. The summed E-state index contributed by atoms with van der Waals surface area (Å²) >= 11 is 0. The summed E-state index contributed by atoms with van der Waals surface area (Å²) in [7, 11) is 5.76. The van der Waals surface area contributed by atoms with Crippen LogP contribution in [0.1, 0.15) is 5.76 Å². The monoisotopic (exact) mass is 245 g/mol. The topological polar surface area (TPSA) is 60.9 Å². The lowest BCUT2D eigenvalue weighted by atomic mass is 10.5. The zero-order chi connectivity index (χ0) is 11.3. The van der Waals surface area contributed by atoms with Gasteiger partial charge in [0, 0.05) is 5.90 Å². The Bertz CT molecular complexity index is 353. The van der Waals surface area contributed by atoms with Gasteiger partial charge in [-0.15, -0.1) is 12.4 Å². The maximum Gasteiger partial charge on any atom is 0.146 e. The number of hydrogen-bond acceptors (Lipinski definition) is 4. The largest absolute Gasteiger partial charge is 0.857 e. The summed E-state index contributed by atoms with van der Waals surface area (Å²) in [5, 5.41) is 18.4. The van der Waals surface area contributed by atoms with Crippen molar-refractivity contribution in [3.63, 3.8) is 0 Å². The van der Waals surface area contributed by atoms with Crippen LogP contribution in [0.3, 0.4) is 0 Å². The molecule has 0 fully saturated rings. The van der Waals surface area contributed by atoms with Crippen LogP contribution in [0.2, 0.25) is 0 Å². The van der Waals surface area contributed by atoms with Crippen molar-refractivity contribution in [3.8, 4) is 0 Å². The molecule has 0 spiro atoms. The van der Waals surface area contributed by atoms with E-state index in [0.29, 0.717) is 16.8 Å². The molecule has 0 aliphatic rings. The van der Waals surface area contributed by atoms with E-state index in [1.165, 1.54) is 12.5 Å². The summed E-state index contributed by atoms with van der Waals surface area (Å²) in [6, 6.07) is 3.48. The number of quaternary nitrogens is 1. The molecule has 0 radical (unpaired) electrons. The number of halogens is 1. The van der Waals surface area contributed by atoms with Crippen LogP contribution in [-0.2, 0) is 0 Å². The first-order valence-corrected chi connectivity index (χ1v) is 4.58. The van der Waals surface area contributed by atoms with E-state index in [0.717, 1.165) is 0 Å². The van der Waals surface area contributed by atoms with Gasteiger partial charge in [0.1, 0.15) is 12.3 Å². The Hall–Kier alpha value is -1.33. The van der Waals surface area contributed by atoms with E-state index in [1.807, 2.05) is 21.1 Å². The number of rotatable bonds is 4. The second kappa shape index (κ2) is 6.30. The van der Waals surface area contributed by atoms with Gasteiger partial charge in [-0.1, -0.05) is 0 Å². The molecular formula is C10H16ClN3O2. The molecular weight excluding hydrogens is 230 g/mol. The third kappa shape index (κ3) is 6.21. The molecule has 0 N–H and O–H groups in total. The molecule has 1 aromatic rings. The third-order valence-corrected chi connectivity index (χ3v) is 1.51. The van der Waals surface area contributed by atoms with Gasteiger partial charge in [-0.25, -0.2) is 0 Å². The SMILES string of the molecule is C[N+](C)(C)C/C([O-])=N/N=Cc1ccco1.Cl. The van der Waals surface area contributed by atoms with Gasteiger partial charge in [-0.05, 0) is 12.1 Å². The highest BCUT2D eigenvalue weighted by atomic mass is 35.5. The van der Waals surface area contributed by atoms with Crippen molar-refractivity contribution in [2.45, 2.75) is 0 Å². The van der Waals surface area contributed by atoms with Crippen molar-refractivity contribution in [3.05, 3.63) is 24.2 Å². The first-order chi connectivity index (χ1) is 6.97. The first-order valence-electron chi connectivity index (χ1n) is 4.58. The Morgan fingerprint density at radius 2 is 2.19 bits per heavy atom. The van der Waals surface area contributed by atoms with Gasteiger partial charge < -0.3 is 14.0 Å². The van der Waals surface area contributed by atoms with Crippen LogP contribution in [0.5, 0.6) is 0 Å². The molecule has 0 bridgehead atoms. The molecule has 0 amide bonds. The Kier molecular flexibility index (Phi) is 5.77. The van der Waals surface area contributed by atoms with Gasteiger partial charge in [-0.3, -0.25) is 0 Å². The molecule has 0 aliphatic heterocycles. The lowest BCUT2D eigenvalue weighted by Gasteiger charge is -2.25. The Balaban J connectivity index is 0.00000225. The molecule has 90 valence electrons. The van der Waals surface area contributed by atoms with Gasteiger partial charge in [0.2, 0.25) is 0 Å². The molecule has 0 unspecified atom stereocenters. The zero-order valence-electron chi connectivity index (χ0n) is 9.58. The second-order valence-corrected chi connectivity index (χ2v) is 4.20. The van der Waals surface area contributed by atoms with E-state index in [-0.39, 0.29) is 18.3 Å². The van der Waals surface area contributed by atoms with Crippen LogP contribution in [-0.4, -0.2) is 44.3 Å². The molecule has 5 nitrogen and oxygen atoms in total. The van der Waals surface area contributed by atoms with E-state index in [4.69, 9.17) is 4.42 Å². The van der Waals surface area contributed by atoms with E-state index in [9.17, 15) is 5.11 Å². The lowest BCUT2D eigenvalue weighted by molar-refractivity contribution is -0.863. The zero-order valence-corrected chi connectivity index (χ0v) is 10.4. The predicted molar refractivity (Wildman–Crippen MR) is 63.9 cm³/mol.